The Balaban J connectivity index is 1.64. The molecule has 3 aromatic carbocycles. The van der Waals surface area contributed by atoms with Crippen LogP contribution in [-0.4, -0.2) is 12.6 Å². The van der Waals surface area contributed by atoms with Crippen molar-refractivity contribution in [3.63, 3.8) is 0 Å². The van der Waals surface area contributed by atoms with E-state index in [1.165, 1.54) is 5.56 Å². The fraction of sp³-hybridized carbons (Fsp3) is 0.208. The molecule has 29 heavy (non-hydrogen) atoms. The van der Waals surface area contributed by atoms with Gasteiger partial charge in [-0.05, 0) is 61.9 Å². The van der Waals surface area contributed by atoms with E-state index in [0.717, 1.165) is 27.0 Å². The molecular weight excluding hydrogens is 430 g/mol. The Morgan fingerprint density at radius 2 is 1.72 bits per heavy atom. The number of aryl methyl sites for hydroxylation is 1. The summed E-state index contributed by atoms with van der Waals surface area (Å²) in [4.78, 5) is 11.8. The average Bonchev–Trinajstić information content (AvgIpc) is 2.73. The van der Waals surface area contributed by atoms with Crippen molar-refractivity contribution >= 4 is 27.6 Å². The lowest BCUT2D eigenvalue weighted by atomic mass is 10.1. The highest BCUT2D eigenvalue weighted by molar-refractivity contribution is 9.10. The lowest BCUT2D eigenvalue weighted by Crippen LogP contribution is -2.06. The molecule has 0 aliphatic rings. The average molecular weight is 454 g/mol. The van der Waals surface area contributed by atoms with Gasteiger partial charge in [-0.25, -0.2) is 4.79 Å². The molecule has 0 amide bonds. The van der Waals surface area contributed by atoms with E-state index in [4.69, 9.17) is 9.47 Å². The molecule has 0 atom stereocenters. The van der Waals surface area contributed by atoms with Crippen LogP contribution in [0.5, 0.6) is 5.75 Å². The molecule has 0 aliphatic carbocycles. The minimum absolute atomic E-state index is 0.308. The van der Waals surface area contributed by atoms with Gasteiger partial charge in [0.25, 0.3) is 0 Å². The summed E-state index contributed by atoms with van der Waals surface area (Å²) in [6, 6.07) is 21.6. The van der Waals surface area contributed by atoms with Gasteiger partial charge in [0, 0.05) is 22.3 Å². The standard InChI is InChI=1S/C24H24BrNO3/c1-3-28-24(27)19-8-11-22(12-9-19)26-15-20-14-21(25)10-13-23(20)29-16-18-6-4-17(2)5-7-18/h4-14,26H,3,15-16H2,1-2H3. The Hall–Kier alpha value is -2.79. The van der Waals surface area contributed by atoms with E-state index in [1.54, 1.807) is 19.1 Å². The molecule has 1 N–H and O–H groups in total. The zero-order valence-corrected chi connectivity index (χ0v) is 18.2. The third-order valence-electron chi connectivity index (χ3n) is 4.42. The van der Waals surface area contributed by atoms with Crippen molar-refractivity contribution in [1.82, 2.24) is 0 Å². The van der Waals surface area contributed by atoms with Gasteiger partial charge in [-0.1, -0.05) is 45.8 Å². The number of ether oxygens (including phenoxy) is 2. The predicted molar refractivity (Wildman–Crippen MR) is 119 cm³/mol. The van der Waals surface area contributed by atoms with Gasteiger partial charge in [0.15, 0.2) is 0 Å². The lowest BCUT2D eigenvalue weighted by molar-refractivity contribution is 0.0526. The summed E-state index contributed by atoms with van der Waals surface area (Å²) in [5.41, 5.74) is 4.87. The van der Waals surface area contributed by atoms with Crippen LogP contribution in [0.3, 0.4) is 0 Å². The van der Waals surface area contributed by atoms with Crippen LogP contribution >= 0.6 is 15.9 Å². The molecule has 3 rings (SSSR count). The number of rotatable bonds is 8. The highest BCUT2D eigenvalue weighted by atomic mass is 79.9. The molecule has 0 saturated carbocycles. The summed E-state index contributed by atoms with van der Waals surface area (Å²) in [5.74, 6) is 0.530. The first kappa shape index (κ1) is 20.9. The fourth-order valence-corrected chi connectivity index (χ4v) is 3.22. The number of carbonyl (C=O) groups excluding carboxylic acids is 1. The molecule has 4 nitrogen and oxygen atoms in total. The number of benzene rings is 3. The number of halogens is 1. The Morgan fingerprint density at radius 3 is 2.41 bits per heavy atom. The predicted octanol–water partition coefficient (Wildman–Crippen LogP) is 6.13. The van der Waals surface area contributed by atoms with E-state index in [0.29, 0.717) is 25.3 Å². The number of hydrogen-bond acceptors (Lipinski definition) is 4. The Kier molecular flexibility index (Phi) is 7.30. The highest BCUT2D eigenvalue weighted by Gasteiger charge is 2.08. The van der Waals surface area contributed by atoms with Crippen molar-refractivity contribution in [1.29, 1.82) is 0 Å². The van der Waals surface area contributed by atoms with Crippen LogP contribution in [0, 0.1) is 6.92 Å². The van der Waals surface area contributed by atoms with Gasteiger partial charge in [-0.3, -0.25) is 0 Å². The van der Waals surface area contributed by atoms with E-state index >= 15 is 0 Å². The number of hydrogen-bond donors (Lipinski definition) is 1. The summed E-state index contributed by atoms with van der Waals surface area (Å²) in [6.45, 7) is 5.35. The molecule has 0 aliphatic heterocycles. The monoisotopic (exact) mass is 453 g/mol. The van der Waals surface area contributed by atoms with Gasteiger partial charge in [-0.15, -0.1) is 0 Å². The Labute approximate surface area is 180 Å². The van der Waals surface area contributed by atoms with Crippen LogP contribution in [0.2, 0.25) is 0 Å². The van der Waals surface area contributed by atoms with Crippen LogP contribution in [0.1, 0.15) is 34.0 Å². The second kappa shape index (κ2) is 10.1. The molecule has 0 aromatic heterocycles. The number of carbonyl (C=O) groups is 1. The maximum absolute atomic E-state index is 11.8. The van der Waals surface area contributed by atoms with Crippen LogP contribution < -0.4 is 10.1 Å². The Morgan fingerprint density at radius 1 is 1.00 bits per heavy atom. The zero-order valence-electron chi connectivity index (χ0n) is 16.6. The van der Waals surface area contributed by atoms with E-state index < -0.39 is 0 Å². The van der Waals surface area contributed by atoms with Crippen molar-refractivity contribution in [3.8, 4) is 5.75 Å². The molecule has 0 radical (unpaired) electrons. The molecule has 5 heteroatoms. The normalized spacial score (nSPS) is 10.4. The molecule has 0 saturated heterocycles. The second-order valence-electron chi connectivity index (χ2n) is 6.68. The largest absolute Gasteiger partial charge is 0.489 e. The van der Waals surface area contributed by atoms with Crippen molar-refractivity contribution in [2.45, 2.75) is 27.0 Å². The quantitative estimate of drug-likeness (QED) is 0.417. The lowest BCUT2D eigenvalue weighted by Gasteiger charge is -2.14. The SMILES string of the molecule is CCOC(=O)c1ccc(NCc2cc(Br)ccc2OCc2ccc(C)cc2)cc1. The maximum Gasteiger partial charge on any atom is 0.338 e. The third-order valence-corrected chi connectivity index (χ3v) is 4.91. The van der Waals surface area contributed by atoms with Gasteiger partial charge in [0.2, 0.25) is 0 Å². The van der Waals surface area contributed by atoms with Crippen molar-refractivity contribution in [3.05, 3.63) is 93.5 Å². The number of anilines is 1. The molecule has 150 valence electrons. The summed E-state index contributed by atoms with van der Waals surface area (Å²) in [6.07, 6.45) is 0. The number of nitrogens with one attached hydrogen (secondary N) is 1. The minimum Gasteiger partial charge on any atom is -0.489 e. The van der Waals surface area contributed by atoms with Gasteiger partial charge < -0.3 is 14.8 Å². The molecular formula is C24H24BrNO3. The van der Waals surface area contributed by atoms with E-state index in [9.17, 15) is 4.79 Å². The highest BCUT2D eigenvalue weighted by Crippen LogP contribution is 2.25. The summed E-state index contributed by atoms with van der Waals surface area (Å²) < 4.78 is 12.1. The first-order chi connectivity index (χ1) is 14.0. The molecule has 0 fully saturated rings. The van der Waals surface area contributed by atoms with E-state index in [2.05, 4.69) is 52.4 Å². The summed E-state index contributed by atoms with van der Waals surface area (Å²) in [5, 5.41) is 3.38. The number of esters is 1. The first-order valence-electron chi connectivity index (χ1n) is 9.53. The van der Waals surface area contributed by atoms with E-state index in [-0.39, 0.29) is 5.97 Å². The molecule has 0 bridgehead atoms. The van der Waals surface area contributed by atoms with Gasteiger partial charge >= 0.3 is 5.97 Å². The van der Waals surface area contributed by atoms with Crippen LogP contribution in [0.15, 0.2) is 71.2 Å². The van der Waals surface area contributed by atoms with Crippen LogP contribution in [0.25, 0.3) is 0 Å². The Bertz CT molecular complexity index is 953. The molecule has 0 heterocycles. The minimum atomic E-state index is -0.308. The maximum atomic E-state index is 11.8. The van der Waals surface area contributed by atoms with Crippen molar-refractivity contribution in [2.75, 3.05) is 11.9 Å². The summed E-state index contributed by atoms with van der Waals surface area (Å²) >= 11 is 3.53. The van der Waals surface area contributed by atoms with Crippen LogP contribution in [0.4, 0.5) is 5.69 Å². The van der Waals surface area contributed by atoms with Crippen molar-refractivity contribution < 1.29 is 14.3 Å². The van der Waals surface area contributed by atoms with Crippen LogP contribution in [-0.2, 0) is 17.9 Å². The zero-order chi connectivity index (χ0) is 20.6. The summed E-state index contributed by atoms with van der Waals surface area (Å²) in [7, 11) is 0. The first-order valence-corrected chi connectivity index (χ1v) is 10.3. The molecule has 0 unspecified atom stereocenters. The molecule has 3 aromatic rings. The van der Waals surface area contributed by atoms with Crippen molar-refractivity contribution in [2.24, 2.45) is 0 Å². The topological polar surface area (TPSA) is 47.6 Å². The van der Waals surface area contributed by atoms with Gasteiger partial charge in [-0.2, -0.15) is 0 Å². The third kappa shape index (κ3) is 6.09. The second-order valence-corrected chi connectivity index (χ2v) is 7.59. The van der Waals surface area contributed by atoms with Gasteiger partial charge in [0.1, 0.15) is 12.4 Å². The van der Waals surface area contributed by atoms with E-state index in [1.807, 2.05) is 30.3 Å². The fourth-order valence-electron chi connectivity index (χ4n) is 2.81. The van der Waals surface area contributed by atoms with Gasteiger partial charge in [0.05, 0.1) is 12.2 Å². The smallest absolute Gasteiger partial charge is 0.338 e. The molecule has 0 spiro atoms.